The number of hydrogen-bond acceptors (Lipinski definition) is 4. The molecule has 1 aliphatic heterocycles. The molecule has 1 heterocycles. The van der Waals surface area contributed by atoms with E-state index in [0.29, 0.717) is 21.8 Å². The van der Waals surface area contributed by atoms with E-state index < -0.39 is 30.4 Å². The molecular formula is C25H18ClN3O5. The maximum Gasteiger partial charge on any atom is 0.335 e. The van der Waals surface area contributed by atoms with Crippen LogP contribution in [0.2, 0.25) is 5.02 Å². The third kappa shape index (κ3) is 5.13. The molecule has 4 amide bonds. The number of halogens is 1. The van der Waals surface area contributed by atoms with Crippen LogP contribution in [-0.4, -0.2) is 40.4 Å². The average Bonchev–Trinajstić information content (AvgIpc) is 3.08. The third-order valence-corrected chi connectivity index (χ3v) is 5.28. The molecule has 170 valence electrons. The Hall–Kier alpha value is -4.43. The lowest BCUT2D eigenvalue weighted by atomic mass is 10.0. The first-order valence-corrected chi connectivity index (χ1v) is 10.5. The van der Waals surface area contributed by atoms with Crippen molar-refractivity contribution < 1.29 is 24.3 Å². The average molecular weight is 476 g/mol. The fraction of sp³-hybridized carbons (Fsp3) is 0.0400. The van der Waals surface area contributed by atoms with Gasteiger partial charge in [0.1, 0.15) is 12.2 Å². The Labute approximate surface area is 199 Å². The molecule has 0 radical (unpaired) electrons. The summed E-state index contributed by atoms with van der Waals surface area (Å²) in [5, 5.41) is 14.8. The molecule has 8 nitrogen and oxygen atoms in total. The predicted molar refractivity (Wildman–Crippen MR) is 127 cm³/mol. The highest BCUT2D eigenvalue weighted by atomic mass is 35.5. The predicted octanol–water partition coefficient (Wildman–Crippen LogP) is 4.24. The van der Waals surface area contributed by atoms with E-state index in [1.807, 2.05) is 6.07 Å². The second-order valence-electron chi connectivity index (χ2n) is 7.45. The smallest absolute Gasteiger partial charge is 0.335 e. The van der Waals surface area contributed by atoms with Gasteiger partial charge in [0.05, 0.1) is 5.56 Å². The topological polar surface area (TPSA) is 116 Å². The van der Waals surface area contributed by atoms with Crippen LogP contribution in [0.25, 0.3) is 17.2 Å². The van der Waals surface area contributed by atoms with Crippen molar-refractivity contribution in [2.45, 2.75) is 0 Å². The van der Waals surface area contributed by atoms with Crippen LogP contribution in [0.4, 0.5) is 10.5 Å². The molecule has 3 aromatic carbocycles. The number of nitrogens with zero attached hydrogens (tertiary/aromatic N) is 1. The molecule has 3 aromatic rings. The first kappa shape index (κ1) is 22.8. The lowest BCUT2D eigenvalue weighted by Crippen LogP contribution is -2.38. The zero-order chi connectivity index (χ0) is 24.2. The molecule has 1 fully saturated rings. The monoisotopic (exact) mass is 475 g/mol. The summed E-state index contributed by atoms with van der Waals surface area (Å²) in [5.74, 6) is -2.19. The minimum absolute atomic E-state index is 0.0285. The third-order valence-electron chi connectivity index (χ3n) is 5.03. The summed E-state index contributed by atoms with van der Waals surface area (Å²) >= 11 is 5.82. The molecule has 0 unspecified atom stereocenters. The van der Waals surface area contributed by atoms with Crippen molar-refractivity contribution >= 4 is 47.2 Å². The van der Waals surface area contributed by atoms with Crippen LogP contribution in [0.3, 0.4) is 0 Å². The number of carbonyl (C=O) groups excluding carboxylic acids is 3. The van der Waals surface area contributed by atoms with Gasteiger partial charge in [-0.2, -0.15) is 0 Å². The second kappa shape index (κ2) is 9.60. The number of carboxylic acids is 1. The van der Waals surface area contributed by atoms with E-state index in [4.69, 9.17) is 11.6 Å². The van der Waals surface area contributed by atoms with Gasteiger partial charge in [0.15, 0.2) is 0 Å². The molecule has 4 rings (SSSR count). The molecule has 0 spiro atoms. The maximum atomic E-state index is 12.7. The highest BCUT2D eigenvalue weighted by Crippen LogP contribution is 2.23. The fourth-order valence-electron chi connectivity index (χ4n) is 3.40. The van der Waals surface area contributed by atoms with Crippen LogP contribution in [-0.2, 0) is 9.59 Å². The molecule has 0 bridgehead atoms. The number of hydrogen-bond donors (Lipinski definition) is 3. The number of aromatic carboxylic acids is 1. The van der Waals surface area contributed by atoms with Gasteiger partial charge in [-0.25, -0.2) is 14.5 Å². The SMILES string of the molecule is O=C(CN1C(=O)N/C(=C\c2cccc(-c3cccc(C(=O)O)c3)c2)C1=O)Nc1ccc(Cl)cc1. The summed E-state index contributed by atoms with van der Waals surface area (Å²) in [5.41, 5.74) is 2.74. The lowest BCUT2D eigenvalue weighted by Gasteiger charge is -2.12. The molecule has 0 aromatic heterocycles. The summed E-state index contributed by atoms with van der Waals surface area (Å²) in [7, 11) is 0. The number of carboxylic acid groups (broad SMARTS) is 1. The van der Waals surface area contributed by atoms with Crippen molar-refractivity contribution in [2.24, 2.45) is 0 Å². The minimum atomic E-state index is -1.03. The van der Waals surface area contributed by atoms with Crippen molar-refractivity contribution in [1.82, 2.24) is 10.2 Å². The summed E-state index contributed by atoms with van der Waals surface area (Å²) < 4.78 is 0. The molecule has 0 aliphatic carbocycles. The van der Waals surface area contributed by atoms with Gasteiger partial charge in [-0.3, -0.25) is 9.59 Å². The highest BCUT2D eigenvalue weighted by molar-refractivity contribution is 6.30. The number of anilines is 1. The van der Waals surface area contributed by atoms with Crippen molar-refractivity contribution in [2.75, 3.05) is 11.9 Å². The zero-order valence-corrected chi connectivity index (χ0v) is 18.4. The Balaban J connectivity index is 1.49. The van der Waals surface area contributed by atoms with E-state index in [9.17, 15) is 24.3 Å². The van der Waals surface area contributed by atoms with Gasteiger partial charge in [-0.15, -0.1) is 0 Å². The van der Waals surface area contributed by atoms with Gasteiger partial charge in [-0.05, 0) is 65.2 Å². The highest BCUT2D eigenvalue weighted by Gasteiger charge is 2.34. The van der Waals surface area contributed by atoms with Crippen LogP contribution < -0.4 is 10.6 Å². The molecule has 1 aliphatic rings. The standard InChI is InChI=1S/C25H18ClN3O5/c26-19-7-9-20(10-8-19)27-22(30)14-29-23(31)21(28-25(29)34)12-15-3-1-4-16(11-15)17-5-2-6-18(13-17)24(32)33/h1-13H,14H2,(H,27,30)(H,28,34)(H,32,33)/b21-12-. The molecule has 0 saturated carbocycles. The van der Waals surface area contributed by atoms with Gasteiger partial charge in [0.25, 0.3) is 5.91 Å². The van der Waals surface area contributed by atoms with Gasteiger partial charge in [0.2, 0.25) is 5.91 Å². The number of nitrogens with one attached hydrogen (secondary N) is 2. The van der Waals surface area contributed by atoms with Gasteiger partial charge < -0.3 is 15.7 Å². The largest absolute Gasteiger partial charge is 0.478 e. The quantitative estimate of drug-likeness (QED) is 0.364. The Morgan fingerprint density at radius 3 is 2.35 bits per heavy atom. The Morgan fingerprint density at radius 1 is 0.971 bits per heavy atom. The van der Waals surface area contributed by atoms with Crippen LogP contribution in [0.5, 0.6) is 0 Å². The van der Waals surface area contributed by atoms with Crippen LogP contribution in [0.1, 0.15) is 15.9 Å². The number of rotatable bonds is 6. The number of urea groups is 1. The fourth-order valence-corrected chi connectivity index (χ4v) is 3.53. The molecule has 9 heteroatoms. The first-order valence-electron chi connectivity index (χ1n) is 10.1. The Kier molecular flexibility index (Phi) is 6.42. The molecule has 34 heavy (non-hydrogen) atoms. The van der Waals surface area contributed by atoms with E-state index in [0.717, 1.165) is 10.5 Å². The maximum absolute atomic E-state index is 12.7. The molecular weight excluding hydrogens is 458 g/mol. The van der Waals surface area contributed by atoms with E-state index >= 15 is 0 Å². The number of amides is 4. The number of benzene rings is 3. The second-order valence-corrected chi connectivity index (χ2v) is 7.88. The van der Waals surface area contributed by atoms with Gasteiger partial charge >= 0.3 is 12.0 Å². The summed E-state index contributed by atoms with van der Waals surface area (Å²) in [6, 6.07) is 19.3. The number of carbonyl (C=O) groups is 4. The van der Waals surface area contributed by atoms with Crippen molar-refractivity contribution in [3.05, 3.63) is 94.6 Å². The first-order chi connectivity index (χ1) is 16.3. The summed E-state index contributed by atoms with van der Waals surface area (Å²) in [6.45, 7) is -0.452. The molecule has 1 saturated heterocycles. The van der Waals surface area contributed by atoms with Gasteiger partial charge in [0, 0.05) is 10.7 Å². The van der Waals surface area contributed by atoms with E-state index in [2.05, 4.69) is 10.6 Å². The normalized spacial score (nSPS) is 14.3. The Bertz CT molecular complexity index is 1330. The van der Waals surface area contributed by atoms with Crippen LogP contribution >= 0.6 is 11.6 Å². The number of imide groups is 1. The van der Waals surface area contributed by atoms with E-state index in [-0.39, 0.29) is 11.3 Å². The molecule has 0 atom stereocenters. The summed E-state index contributed by atoms with van der Waals surface area (Å²) in [6.07, 6.45) is 1.50. The van der Waals surface area contributed by atoms with Crippen molar-refractivity contribution in [3.63, 3.8) is 0 Å². The Morgan fingerprint density at radius 2 is 1.65 bits per heavy atom. The van der Waals surface area contributed by atoms with Crippen LogP contribution in [0, 0.1) is 0 Å². The van der Waals surface area contributed by atoms with Crippen molar-refractivity contribution in [3.8, 4) is 11.1 Å². The van der Waals surface area contributed by atoms with Crippen molar-refractivity contribution in [1.29, 1.82) is 0 Å². The van der Waals surface area contributed by atoms with Crippen LogP contribution in [0.15, 0.2) is 78.5 Å². The minimum Gasteiger partial charge on any atom is -0.478 e. The van der Waals surface area contributed by atoms with Gasteiger partial charge in [-0.1, -0.05) is 41.9 Å². The summed E-state index contributed by atoms with van der Waals surface area (Å²) in [4.78, 5) is 49.4. The zero-order valence-electron chi connectivity index (χ0n) is 17.6. The lowest BCUT2D eigenvalue weighted by molar-refractivity contribution is -0.127. The van der Waals surface area contributed by atoms with E-state index in [1.165, 1.54) is 12.1 Å². The van der Waals surface area contributed by atoms with E-state index in [1.54, 1.807) is 60.7 Å². The molecule has 3 N–H and O–H groups in total.